The first-order valence-corrected chi connectivity index (χ1v) is 35.3. The average molecular weight is 1210 g/mol. The molecular weight excluding hydrogens is 1080 g/mol. The number of aliphatic carboxylic acids is 1. The predicted molar refractivity (Wildman–Crippen MR) is 373 cm³/mol. The number of carboxylic acid groups (broad SMARTS) is 1. The summed E-state index contributed by atoms with van der Waals surface area (Å²) < 4.78 is 22.9. The number of ether oxygens (including phenoxy) is 4. The molecule has 0 amide bonds. The zero-order chi connectivity index (χ0) is 63.3. The zero-order valence-electron chi connectivity index (χ0n) is 56.6. The van der Waals surface area contributed by atoms with Gasteiger partial charge in [-0.05, 0) is 116 Å². The predicted octanol–water partition coefficient (Wildman–Crippen LogP) is 22.1. The molecule has 0 saturated heterocycles. The molecule has 0 heterocycles. The average Bonchev–Trinajstić information content (AvgIpc) is 3.56. The van der Waals surface area contributed by atoms with E-state index in [9.17, 15) is 19.5 Å². The number of hydrogen-bond acceptors (Lipinski definition) is 7. The SMILES string of the molecule is CC/C=C\C/C=C\C/C=C\C/C=C\C/C=C\C/C=C\C/C=C\C/C=C\C/C=C\CCCCCC(=O)OC(COC(=O)CCCCCCCCCCCCCCCCCCCCC/C=C\C/C=C\CCCCCCC)COC(OCC[N+](C)(C)C)C(=O)O. The first kappa shape index (κ1) is 82.4. The highest BCUT2D eigenvalue weighted by atomic mass is 16.7. The third-order valence-corrected chi connectivity index (χ3v) is 14.9. The van der Waals surface area contributed by atoms with Crippen LogP contribution in [-0.2, 0) is 33.3 Å². The number of nitrogens with zero attached hydrogens (tertiary/aromatic N) is 1. The van der Waals surface area contributed by atoms with Crippen LogP contribution in [-0.4, -0.2) is 87.4 Å². The van der Waals surface area contributed by atoms with Crippen LogP contribution < -0.4 is 0 Å². The number of carbonyl (C=O) groups excluding carboxylic acids is 2. The Morgan fingerprint density at radius 1 is 0.356 bits per heavy atom. The van der Waals surface area contributed by atoms with Crippen LogP contribution >= 0.6 is 0 Å². The molecule has 0 aromatic heterocycles. The first-order valence-electron chi connectivity index (χ1n) is 35.3. The molecule has 2 unspecified atom stereocenters. The van der Waals surface area contributed by atoms with E-state index in [1.807, 2.05) is 21.1 Å². The molecule has 0 aliphatic heterocycles. The molecule has 496 valence electrons. The van der Waals surface area contributed by atoms with Gasteiger partial charge in [0.15, 0.2) is 6.10 Å². The second-order valence-corrected chi connectivity index (χ2v) is 24.5. The van der Waals surface area contributed by atoms with E-state index in [0.717, 1.165) is 103 Å². The van der Waals surface area contributed by atoms with E-state index in [-0.39, 0.29) is 38.6 Å². The molecule has 0 aliphatic rings. The minimum Gasteiger partial charge on any atom is -0.477 e. The van der Waals surface area contributed by atoms with Gasteiger partial charge in [-0.15, -0.1) is 0 Å². The van der Waals surface area contributed by atoms with E-state index < -0.39 is 24.3 Å². The molecule has 0 rings (SSSR count). The van der Waals surface area contributed by atoms with Gasteiger partial charge in [0.1, 0.15) is 13.2 Å². The fourth-order valence-corrected chi connectivity index (χ4v) is 9.51. The summed E-state index contributed by atoms with van der Waals surface area (Å²) in [5.74, 6) is -2.05. The van der Waals surface area contributed by atoms with E-state index in [2.05, 4.69) is 148 Å². The second kappa shape index (κ2) is 67.4. The van der Waals surface area contributed by atoms with E-state index in [0.29, 0.717) is 17.4 Å². The van der Waals surface area contributed by atoms with Crippen LogP contribution in [0.15, 0.2) is 134 Å². The smallest absolute Gasteiger partial charge is 0.361 e. The van der Waals surface area contributed by atoms with Gasteiger partial charge in [-0.25, -0.2) is 4.79 Å². The van der Waals surface area contributed by atoms with Crippen LogP contribution in [0.5, 0.6) is 0 Å². The molecule has 1 N–H and O–H groups in total. The number of quaternary nitrogens is 1. The van der Waals surface area contributed by atoms with Crippen LogP contribution in [0.1, 0.15) is 284 Å². The van der Waals surface area contributed by atoms with Crippen LogP contribution in [0.25, 0.3) is 0 Å². The van der Waals surface area contributed by atoms with Crippen molar-refractivity contribution in [3.05, 3.63) is 134 Å². The van der Waals surface area contributed by atoms with Crippen LogP contribution in [0.3, 0.4) is 0 Å². The molecule has 87 heavy (non-hydrogen) atoms. The van der Waals surface area contributed by atoms with Crippen molar-refractivity contribution in [3.63, 3.8) is 0 Å². The van der Waals surface area contributed by atoms with Gasteiger partial charge in [-0.2, -0.15) is 0 Å². The zero-order valence-corrected chi connectivity index (χ0v) is 56.6. The van der Waals surface area contributed by atoms with Crippen molar-refractivity contribution in [3.8, 4) is 0 Å². The summed E-state index contributed by atoms with van der Waals surface area (Å²) in [6.07, 6.45) is 94.2. The highest BCUT2D eigenvalue weighted by Gasteiger charge is 2.25. The Morgan fingerprint density at radius 3 is 0.989 bits per heavy atom. The van der Waals surface area contributed by atoms with Gasteiger partial charge in [0.25, 0.3) is 6.29 Å². The monoisotopic (exact) mass is 1210 g/mol. The maximum absolute atomic E-state index is 12.9. The molecule has 0 aromatic rings. The van der Waals surface area contributed by atoms with Crippen molar-refractivity contribution >= 4 is 17.9 Å². The van der Waals surface area contributed by atoms with Gasteiger partial charge in [0, 0.05) is 12.8 Å². The molecule has 0 saturated carbocycles. The van der Waals surface area contributed by atoms with E-state index in [1.165, 1.54) is 148 Å². The Balaban J connectivity index is 4.21. The number of rotatable bonds is 64. The molecule has 0 fully saturated rings. The Kier molecular flexibility index (Phi) is 63.8. The van der Waals surface area contributed by atoms with Gasteiger partial charge in [0.05, 0.1) is 34.4 Å². The van der Waals surface area contributed by atoms with Crippen molar-refractivity contribution in [2.24, 2.45) is 0 Å². The lowest BCUT2D eigenvalue weighted by molar-refractivity contribution is -0.870. The molecule has 0 bridgehead atoms. The van der Waals surface area contributed by atoms with E-state index in [4.69, 9.17) is 18.9 Å². The lowest BCUT2D eigenvalue weighted by atomic mass is 10.0. The fourth-order valence-electron chi connectivity index (χ4n) is 9.51. The molecule has 0 aliphatic carbocycles. The standard InChI is InChI=1S/C78H131NO8/c1-6-8-10-12-14-16-18-20-22-24-26-28-30-32-34-36-38-40-42-44-46-48-50-52-54-56-58-60-62-64-66-68-75(80)85-72-74(73-86-78(77(82)83)84-71-70-79(3,4)5)87-76(81)69-67-65-63-61-59-57-55-53-51-49-47-45-43-41-39-37-35-33-31-29-27-25-23-21-19-17-15-13-11-9-7-2/h9,11,15,17-18,20-21,23-24,26-27,29,33,35,39,41,45,47,51,53,57,59,74,78H,6-8,10,12-14,16,19,22,25,28,30-32,34,36-38,40,42-44,46,48-50,52,54-56,58,60-73H2,1-5H3/p+1/b11-9-,17-15-,20-18-,23-21-,26-24-,29-27-,35-33-,41-39-,47-45-,53-51-,59-57-. The number of carboxylic acids is 1. The summed E-state index contributed by atoms with van der Waals surface area (Å²) in [5.41, 5.74) is 0. The summed E-state index contributed by atoms with van der Waals surface area (Å²) >= 11 is 0. The summed E-state index contributed by atoms with van der Waals surface area (Å²) in [6, 6.07) is 0. The van der Waals surface area contributed by atoms with Crippen molar-refractivity contribution in [2.45, 2.75) is 296 Å². The Bertz CT molecular complexity index is 1890. The normalized spacial score (nSPS) is 13.5. The van der Waals surface area contributed by atoms with Gasteiger partial charge in [0.2, 0.25) is 0 Å². The minimum atomic E-state index is -1.53. The summed E-state index contributed by atoms with van der Waals surface area (Å²) in [7, 11) is 5.96. The lowest BCUT2D eigenvalue weighted by Crippen LogP contribution is -2.40. The van der Waals surface area contributed by atoms with Crippen molar-refractivity contribution in [2.75, 3.05) is 47.5 Å². The van der Waals surface area contributed by atoms with Crippen molar-refractivity contribution < 1.29 is 42.9 Å². The molecule has 0 spiro atoms. The van der Waals surface area contributed by atoms with Crippen LogP contribution in [0.2, 0.25) is 0 Å². The summed E-state index contributed by atoms with van der Waals surface area (Å²) in [5, 5.41) is 9.75. The fraction of sp³-hybridized carbons (Fsp3) is 0.679. The number of unbranched alkanes of at least 4 members (excludes halogenated alkanes) is 27. The minimum absolute atomic E-state index is 0.175. The third kappa shape index (κ3) is 68.8. The Labute approximate surface area is 535 Å². The number of hydrogen-bond donors (Lipinski definition) is 1. The number of likely N-dealkylation sites (N-methyl/N-ethyl adjacent to an activating group) is 1. The van der Waals surface area contributed by atoms with Gasteiger partial charge >= 0.3 is 17.9 Å². The molecule has 0 aromatic carbocycles. The topological polar surface area (TPSA) is 108 Å². The molecular formula is C78H132NO8+. The Hall–Kier alpha value is -4.57. The molecule has 9 heteroatoms. The summed E-state index contributed by atoms with van der Waals surface area (Å²) in [4.78, 5) is 37.6. The highest BCUT2D eigenvalue weighted by molar-refractivity contribution is 5.71. The van der Waals surface area contributed by atoms with Crippen LogP contribution in [0, 0.1) is 0 Å². The van der Waals surface area contributed by atoms with Crippen molar-refractivity contribution in [1.82, 2.24) is 0 Å². The molecule has 2 atom stereocenters. The second-order valence-electron chi connectivity index (χ2n) is 24.5. The third-order valence-electron chi connectivity index (χ3n) is 14.9. The van der Waals surface area contributed by atoms with Gasteiger partial charge < -0.3 is 28.5 Å². The molecule has 9 nitrogen and oxygen atoms in total. The molecule has 0 radical (unpaired) electrons. The van der Waals surface area contributed by atoms with E-state index in [1.54, 1.807) is 0 Å². The van der Waals surface area contributed by atoms with Gasteiger partial charge in [-0.1, -0.05) is 289 Å². The lowest BCUT2D eigenvalue weighted by Gasteiger charge is -2.25. The number of allylic oxidation sites excluding steroid dienone is 22. The summed E-state index contributed by atoms with van der Waals surface area (Å²) in [6.45, 7) is 4.72. The Morgan fingerprint density at radius 2 is 0.655 bits per heavy atom. The number of carbonyl (C=O) groups is 3. The maximum Gasteiger partial charge on any atom is 0.361 e. The van der Waals surface area contributed by atoms with Crippen molar-refractivity contribution in [1.29, 1.82) is 0 Å². The number of esters is 2. The van der Waals surface area contributed by atoms with Crippen LogP contribution in [0.4, 0.5) is 0 Å². The first-order chi connectivity index (χ1) is 42.6. The quantitative estimate of drug-likeness (QED) is 0.0211. The largest absolute Gasteiger partial charge is 0.477 e. The van der Waals surface area contributed by atoms with E-state index >= 15 is 0 Å². The highest BCUT2D eigenvalue weighted by Crippen LogP contribution is 2.17. The van der Waals surface area contributed by atoms with Gasteiger partial charge in [-0.3, -0.25) is 9.59 Å². The maximum atomic E-state index is 12.9.